The van der Waals surface area contributed by atoms with Crippen LogP contribution in [0.3, 0.4) is 0 Å². The first kappa shape index (κ1) is 18.3. The summed E-state index contributed by atoms with van der Waals surface area (Å²) in [5.74, 6) is -0.326. The van der Waals surface area contributed by atoms with E-state index in [1.807, 2.05) is 6.07 Å². The number of nitriles is 1. The largest absolute Gasteiger partial charge is 0.500 e. The number of nitro benzene ring substituents is 1. The Kier molecular flexibility index (Phi) is 5.05. The van der Waals surface area contributed by atoms with E-state index in [1.165, 1.54) is 12.1 Å². The molecule has 9 nitrogen and oxygen atoms in total. The summed E-state index contributed by atoms with van der Waals surface area (Å²) in [6.45, 7) is 1.90. The van der Waals surface area contributed by atoms with Gasteiger partial charge in [-0.05, 0) is 46.6 Å². The molecule has 0 atom stereocenters. The lowest BCUT2D eigenvalue weighted by molar-refractivity contribution is -0.386. The Morgan fingerprint density at radius 2 is 2.30 bits per heavy atom. The number of nitrogens with zero attached hydrogens (tertiary/aromatic N) is 4. The Morgan fingerprint density at radius 1 is 1.52 bits per heavy atom. The predicted octanol–water partition coefficient (Wildman–Crippen LogP) is 3.80. The predicted molar refractivity (Wildman–Crippen MR) is 101 cm³/mol. The second-order valence-corrected chi connectivity index (χ2v) is 6.27. The van der Waals surface area contributed by atoms with Crippen LogP contribution < -0.4 is 4.74 Å². The van der Waals surface area contributed by atoms with Crippen LogP contribution >= 0.6 is 15.9 Å². The maximum atomic E-state index is 11.2. The van der Waals surface area contributed by atoms with E-state index < -0.39 is 16.4 Å². The summed E-state index contributed by atoms with van der Waals surface area (Å²) >= 11 is 3.31. The minimum atomic E-state index is -0.718. The molecule has 0 saturated heterocycles. The van der Waals surface area contributed by atoms with Gasteiger partial charge in [0.05, 0.1) is 22.6 Å². The number of fused-ring (bicyclic) bond motifs is 1. The number of nitrogens with one attached hydrogen (secondary N) is 1. The SMILES string of the molecule is CCOc1cc(/C=C(\C#N)c2nc3ncc(Br)cc3[nH]2)cc([N+](=O)[O-])c1O. The summed E-state index contributed by atoms with van der Waals surface area (Å²) < 4.78 is 6.00. The van der Waals surface area contributed by atoms with Crippen LogP contribution in [0.1, 0.15) is 18.3 Å². The molecule has 0 aliphatic heterocycles. The zero-order valence-corrected chi connectivity index (χ0v) is 15.5. The van der Waals surface area contributed by atoms with Crippen LogP contribution in [0, 0.1) is 21.4 Å². The highest BCUT2D eigenvalue weighted by molar-refractivity contribution is 9.10. The average Bonchev–Trinajstić information content (AvgIpc) is 3.04. The quantitative estimate of drug-likeness (QED) is 0.357. The van der Waals surface area contributed by atoms with Crippen LogP contribution in [0.5, 0.6) is 11.5 Å². The molecule has 0 saturated carbocycles. The molecule has 0 aliphatic rings. The van der Waals surface area contributed by atoms with Gasteiger partial charge in [-0.2, -0.15) is 5.26 Å². The first-order valence-corrected chi connectivity index (χ1v) is 8.49. The number of hydrogen-bond acceptors (Lipinski definition) is 7. The molecule has 136 valence electrons. The van der Waals surface area contributed by atoms with Gasteiger partial charge in [0.1, 0.15) is 6.07 Å². The Bertz CT molecular complexity index is 1120. The third-order valence-electron chi connectivity index (χ3n) is 3.56. The Morgan fingerprint density at radius 3 is 2.96 bits per heavy atom. The number of ether oxygens (including phenoxy) is 1. The molecule has 3 rings (SSSR count). The van der Waals surface area contributed by atoms with Crippen molar-refractivity contribution in [3.8, 4) is 17.6 Å². The molecule has 0 bridgehead atoms. The zero-order chi connectivity index (χ0) is 19.6. The van der Waals surface area contributed by atoms with Crippen molar-refractivity contribution in [1.29, 1.82) is 5.26 Å². The summed E-state index contributed by atoms with van der Waals surface area (Å²) in [6, 6.07) is 6.36. The number of H-pyrrole nitrogens is 1. The van der Waals surface area contributed by atoms with Crippen molar-refractivity contribution in [2.75, 3.05) is 6.61 Å². The Hall–Kier alpha value is -3.45. The molecule has 3 aromatic rings. The fourth-order valence-electron chi connectivity index (χ4n) is 2.42. The molecule has 0 unspecified atom stereocenters. The third kappa shape index (κ3) is 3.73. The van der Waals surface area contributed by atoms with Gasteiger partial charge < -0.3 is 14.8 Å². The van der Waals surface area contributed by atoms with Gasteiger partial charge in [0, 0.05) is 16.7 Å². The van der Waals surface area contributed by atoms with Crippen molar-refractivity contribution in [3.05, 3.63) is 50.4 Å². The highest BCUT2D eigenvalue weighted by Gasteiger charge is 2.20. The third-order valence-corrected chi connectivity index (χ3v) is 4.00. The number of benzene rings is 1. The van der Waals surface area contributed by atoms with E-state index in [2.05, 4.69) is 30.9 Å². The second-order valence-electron chi connectivity index (χ2n) is 5.36. The number of phenolic OH excluding ortho intramolecular Hbond substituents is 1. The fourth-order valence-corrected chi connectivity index (χ4v) is 2.76. The van der Waals surface area contributed by atoms with Gasteiger partial charge in [0.2, 0.25) is 5.75 Å². The molecule has 0 radical (unpaired) electrons. The molecule has 2 heterocycles. The fraction of sp³-hybridized carbons (Fsp3) is 0.118. The minimum Gasteiger partial charge on any atom is -0.500 e. The van der Waals surface area contributed by atoms with Gasteiger partial charge in [0.25, 0.3) is 0 Å². The number of phenols is 1. The molecular weight excluding hydrogens is 418 g/mol. The van der Waals surface area contributed by atoms with Crippen LogP contribution in [0.2, 0.25) is 0 Å². The number of aromatic nitrogens is 3. The van der Waals surface area contributed by atoms with Crippen LogP contribution in [-0.4, -0.2) is 31.6 Å². The molecule has 1 aromatic carbocycles. The van der Waals surface area contributed by atoms with Crippen molar-refractivity contribution < 1.29 is 14.8 Å². The normalized spacial score (nSPS) is 11.4. The maximum Gasteiger partial charge on any atom is 0.315 e. The van der Waals surface area contributed by atoms with Crippen molar-refractivity contribution in [1.82, 2.24) is 15.0 Å². The average molecular weight is 430 g/mol. The summed E-state index contributed by atoms with van der Waals surface area (Å²) in [6.07, 6.45) is 3.00. The molecule has 0 aliphatic carbocycles. The minimum absolute atomic E-state index is 0.0366. The lowest BCUT2D eigenvalue weighted by Crippen LogP contribution is -1.96. The second kappa shape index (κ2) is 7.43. The molecule has 0 fully saturated rings. The van der Waals surface area contributed by atoms with E-state index in [0.717, 1.165) is 10.5 Å². The van der Waals surface area contributed by atoms with E-state index >= 15 is 0 Å². The highest BCUT2D eigenvalue weighted by atomic mass is 79.9. The number of rotatable bonds is 5. The molecule has 10 heteroatoms. The number of halogens is 1. The number of aromatic hydroxyl groups is 1. The monoisotopic (exact) mass is 429 g/mol. The van der Waals surface area contributed by atoms with Gasteiger partial charge in [-0.1, -0.05) is 0 Å². The van der Waals surface area contributed by atoms with Crippen molar-refractivity contribution in [2.45, 2.75) is 6.92 Å². The smallest absolute Gasteiger partial charge is 0.315 e. The number of imidazole rings is 1. The van der Waals surface area contributed by atoms with Gasteiger partial charge >= 0.3 is 5.69 Å². The van der Waals surface area contributed by atoms with E-state index in [0.29, 0.717) is 16.7 Å². The Labute approximate surface area is 161 Å². The number of aromatic amines is 1. The molecule has 2 N–H and O–H groups in total. The maximum absolute atomic E-state index is 11.2. The van der Waals surface area contributed by atoms with E-state index in [-0.39, 0.29) is 23.8 Å². The molecule has 0 spiro atoms. The summed E-state index contributed by atoms with van der Waals surface area (Å²) in [7, 11) is 0. The van der Waals surface area contributed by atoms with Gasteiger partial charge in [0.15, 0.2) is 17.2 Å². The molecule has 27 heavy (non-hydrogen) atoms. The standard InChI is InChI=1S/C17H12BrN5O4/c1-2-27-14-5-9(4-13(15(14)24)23(25)26)3-10(7-19)16-21-12-6-11(18)8-20-17(12)22-16/h3-6,8,24H,2H2,1H3,(H,20,21,22)/b10-3+. The lowest BCUT2D eigenvalue weighted by atomic mass is 10.1. The van der Waals surface area contributed by atoms with Crippen LogP contribution in [0.15, 0.2) is 28.9 Å². The van der Waals surface area contributed by atoms with Crippen molar-refractivity contribution >= 4 is 44.4 Å². The summed E-state index contributed by atoms with van der Waals surface area (Å²) in [5, 5.41) is 30.6. The van der Waals surface area contributed by atoms with E-state index in [4.69, 9.17) is 4.74 Å². The topological polar surface area (TPSA) is 138 Å². The van der Waals surface area contributed by atoms with E-state index in [9.17, 15) is 20.5 Å². The molecular formula is C17H12BrN5O4. The van der Waals surface area contributed by atoms with Crippen LogP contribution in [0.4, 0.5) is 5.69 Å². The molecule has 2 aromatic heterocycles. The van der Waals surface area contributed by atoms with Gasteiger partial charge in [-0.3, -0.25) is 10.1 Å². The summed E-state index contributed by atoms with van der Waals surface area (Å²) in [4.78, 5) is 21.9. The van der Waals surface area contributed by atoms with E-state index in [1.54, 1.807) is 19.2 Å². The van der Waals surface area contributed by atoms with Crippen molar-refractivity contribution in [2.24, 2.45) is 0 Å². The zero-order valence-electron chi connectivity index (χ0n) is 13.9. The van der Waals surface area contributed by atoms with Crippen LogP contribution in [0.25, 0.3) is 22.8 Å². The number of pyridine rings is 1. The first-order chi connectivity index (χ1) is 12.9. The highest BCUT2D eigenvalue weighted by Crippen LogP contribution is 2.38. The Balaban J connectivity index is 2.11. The van der Waals surface area contributed by atoms with Crippen LogP contribution in [-0.2, 0) is 0 Å². The first-order valence-electron chi connectivity index (χ1n) is 7.70. The number of allylic oxidation sites excluding steroid dienone is 1. The van der Waals surface area contributed by atoms with Crippen molar-refractivity contribution in [3.63, 3.8) is 0 Å². The van der Waals surface area contributed by atoms with Gasteiger partial charge in [-0.25, -0.2) is 9.97 Å². The number of nitro groups is 1. The lowest BCUT2D eigenvalue weighted by Gasteiger charge is -2.07. The number of hydrogen-bond donors (Lipinski definition) is 2. The summed E-state index contributed by atoms with van der Waals surface area (Å²) in [5.41, 5.74) is 1.01. The molecule has 0 amide bonds. The van der Waals surface area contributed by atoms with Gasteiger partial charge in [-0.15, -0.1) is 0 Å².